The van der Waals surface area contributed by atoms with Gasteiger partial charge in [-0.2, -0.15) is 0 Å². The summed E-state index contributed by atoms with van der Waals surface area (Å²) in [4.78, 5) is 9.43. The van der Waals surface area contributed by atoms with Crippen LogP contribution in [0.25, 0.3) is 5.69 Å². The van der Waals surface area contributed by atoms with Gasteiger partial charge in [0, 0.05) is 42.0 Å². The molecule has 2 aliphatic rings. The van der Waals surface area contributed by atoms with Crippen molar-refractivity contribution in [2.24, 2.45) is 11.8 Å². The van der Waals surface area contributed by atoms with Crippen molar-refractivity contribution in [1.29, 1.82) is 0 Å². The Balaban J connectivity index is 1.43. The van der Waals surface area contributed by atoms with Crippen LogP contribution in [0.4, 0.5) is 11.4 Å². The van der Waals surface area contributed by atoms with Crippen LogP contribution in [0.3, 0.4) is 0 Å². The Kier molecular flexibility index (Phi) is 8.03. The average Bonchev–Trinajstić information content (AvgIpc) is 3.47. The molecule has 2 aromatic carbocycles. The van der Waals surface area contributed by atoms with Gasteiger partial charge in [0.1, 0.15) is 0 Å². The highest BCUT2D eigenvalue weighted by atomic mass is 35.5. The molecule has 2 aromatic heterocycles. The van der Waals surface area contributed by atoms with E-state index in [1.807, 2.05) is 18.3 Å². The molecule has 5 nitrogen and oxygen atoms in total. The van der Waals surface area contributed by atoms with Crippen LogP contribution >= 0.6 is 23.8 Å². The van der Waals surface area contributed by atoms with Crippen LogP contribution in [-0.2, 0) is 6.42 Å². The fraction of sp³-hybridized carbons (Fsp3) is 0.371. The molecule has 2 fully saturated rings. The first-order valence-corrected chi connectivity index (χ1v) is 15.9. The van der Waals surface area contributed by atoms with E-state index in [0.29, 0.717) is 16.9 Å². The van der Waals surface area contributed by atoms with Gasteiger partial charge in [-0.15, -0.1) is 0 Å². The summed E-state index contributed by atoms with van der Waals surface area (Å²) in [7, 11) is 0. The second-order valence-corrected chi connectivity index (χ2v) is 13.0. The highest BCUT2D eigenvalue weighted by Gasteiger charge is 2.42. The number of halogens is 1. The molecule has 0 saturated carbocycles. The molecule has 2 aliphatic heterocycles. The molecule has 0 unspecified atom stereocenters. The summed E-state index contributed by atoms with van der Waals surface area (Å²) in [6.07, 6.45) is 4.14. The number of nitrogens with zero attached hydrogens (tertiary/aromatic N) is 4. The third-order valence-electron chi connectivity index (χ3n) is 8.91. The largest absolute Gasteiger partial charge is 0.370 e. The molecule has 4 atom stereocenters. The summed E-state index contributed by atoms with van der Waals surface area (Å²) in [6.45, 7) is 13.3. The van der Waals surface area contributed by atoms with Crippen LogP contribution in [0, 0.1) is 25.7 Å². The van der Waals surface area contributed by atoms with Crippen molar-refractivity contribution in [2.45, 2.75) is 59.5 Å². The number of hydrogen-bond donors (Lipinski definition) is 1. The highest BCUT2D eigenvalue weighted by Crippen LogP contribution is 2.45. The van der Waals surface area contributed by atoms with Crippen molar-refractivity contribution >= 4 is 40.3 Å². The molecule has 0 amide bonds. The molecule has 0 radical (unpaired) electrons. The number of pyridine rings is 1. The molecule has 4 aromatic rings. The summed E-state index contributed by atoms with van der Waals surface area (Å²) < 4.78 is 2.35. The zero-order valence-corrected chi connectivity index (χ0v) is 26.7. The standard InChI is InChI=1S/C35H40ClN5S/c1-6-26-10-12-27(13-11-26)40-24(4)18-29(25(40)5)34-33(31-9-7-8-16-37-31)38-35(42)41(34)28-14-15-32(30(36)19-28)39-20-22(2)17-23(3)21-39/h7-16,18-19,22-23,33-34H,6,17,20-21H2,1-5H3,(H,38,42)/t22-,23+,33-,34-/m0/s1. The van der Waals surface area contributed by atoms with Gasteiger partial charge in [-0.05, 0) is 110 Å². The molecule has 0 spiro atoms. The van der Waals surface area contributed by atoms with Gasteiger partial charge >= 0.3 is 0 Å². The monoisotopic (exact) mass is 597 g/mol. The van der Waals surface area contributed by atoms with Gasteiger partial charge in [-0.25, -0.2) is 0 Å². The van der Waals surface area contributed by atoms with E-state index in [4.69, 9.17) is 28.8 Å². The van der Waals surface area contributed by atoms with Crippen LogP contribution in [0.5, 0.6) is 0 Å². The maximum atomic E-state index is 7.05. The van der Waals surface area contributed by atoms with Crippen molar-refractivity contribution in [3.63, 3.8) is 0 Å². The number of aromatic nitrogens is 2. The van der Waals surface area contributed by atoms with E-state index < -0.39 is 0 Å². The molecule has 42 heavy (non-hydrogen) atoms. The molecule has 0 aliphatic carbocycles. The SMILES string of the molecule is CCc1ccc(-n2c(C)cc([C@H]3[C@H](c4ccccn4)NC(=S)N3c3ccc(N4C[C@H](C)C[C@H](C)C4)c(Cl)c3)c2C)cc1. The first-order valence-electron chi connectivity index (χ1n) is 15.1. The van der Waals surface area contributed by atoms with Crippen LogP contribution in [0.1, 0.15) is 67.5 Å². The average molecular weight is 598 g/mol. The number of aryl methyl sites for hydroxylation is 2. The minimum absolute atomic E-state index is 0.0980. The normalized spacial score (nSPS) is 22.5. The Bertz CT molecular complexity index is 1570. The van der Waals surface area contributed by atoms with E-state index in [1.54, 1.807) is 0 Å². The van der Waals surface area contributed by atoms with Crippen LogP contribution < -0.4 is 15.1 Å². The molecule has 218 valence electrons. The molecule has 1 N–H and O–H groups in total. The van der Waals surface area contributed by atoms with E-state index in [-0.39, 0.29) is 12.1 Å². The number of nitrogens with one attached hydrogen (secondary N) is 1. The highest BCUT2D eigenvalue weighted by molar-refractivity contribution is 7.80. The van der Waals surface area contributed by atoms with Crippen molar-refractivity contribution in [3.05, 3.63) is 106 Å². The van der Waals surface area contributed by atoms with Gasteiger partial charge in [0.15, 0.2) is 5.11 Å². The summed E-state index contributed by atoms with van der Waals surface area (Å²) in [5.41, 5.74) is 9.15. The molecular weight excluding hydrogens is 558 g/mol. The van der Waals surface area contributed by atoms with Gasteiger partial charge in [0.05, 0.1) is 28.5 Å². The minimum atomic E-state index is -0.114. The van der Waals surface area contributed by atoms with Gasteiger partial charge in [-0.3, -0.25) is 4.98 Å². The zero-order chi connectivity index (χ0) is 29.5. The smallest absolute Gasteiger partial charge is 0.174 e. The predicted molar refractivity (Wildman–Crippen MR) is 179 cm³/mol. The number of thiocarbonyl (C=S) groups is 1. The Morgan fingerprint density at radius 1 is 0.952 bits per heavy atom. The predicted octanol–water partition coefficient (Wildman–Crippen LogP) is 8.36. The van der Waals surface area contributed by atoms with E-state index >= 15 is 0 Å². The van der Waals surface area contributed by atoms with Crippen molar-refractivity contribution in [2.75, 3.05) is 22.9 Å². The lowest BCUT2D eigenvalue weighted by Crippen LogP contribution is -2.38. The Morgan fingerprint density at radius 2 is 1.67 bits per heavy atom. The Labute approximate surface area is 260 Å². The quantitative estimate of drug-likeness (QED) is 0.226. The summed E-state index contributed by atoms with van der Waals surface area (Å²) in [6, 6.07) is 23.5. The van der Waals surface area contributed by atoms with Gasteiger partial charge in [0.25, 0.3) is 0 Å². The maximum Gasteiger partial charge on any atom is 0.174 e. The Hall–Kier alpha value is -3.35. The fourth-order valence-electron chi connectivity index (χ4n) is 7.08. The van der Waals surface area contributed by atoms with Crippen LogP contribution in [0.2, 0.25) is 5.02 Å². The first kappa shape index (κ1) is 28.8. The van der Waals surface area contributed by atoms with E-state index in [9.17, 15) is 0 Å². The zero-order valence-electron chi connectivity index (χ0n) is 25.1. The molecule has 0 bridgehead atoms. The molecular formula is C35H40ClN5S. The van der Waals surface area contributed by atoms with E-state index in [1.165, 1.54) is 34.6 Å². The topological polar surface area (TPSA) is 36.3 Å². The number of anilines is 2. The Morgan fingerprint density at radius 3 is 2.31 bits per heavy atom. The summed E-state index contributed by atoms with van der Waals surface area (Å²) in [5.74, 6) is 1.30. The van der Waals surface area contributed by atoms with Crippen molar-refractivity contribution in [1.82, 2.24) is 14.9 Å². The third kappa shape index (κ3) is 5.31. The summed E-state index contributed by atoms with van der Waals surface area (Å²) >= 11 is 13.1. The number of piperidine rings is 1. The van der Waals surface area contributed by atoms with Gasteiger partial charge in [0.2, 0.25) is 0 Å². The lowest BCUT2D eigenvalue weighted by molar-refractivity contribution is 0.357. The lowest BCUT2D eigenvalue weighted by atomic mass is 9.91. The number of rotatable bonds is 6. The number of hydrogen-bond acceptors (Lipinski definition) is 3. The van der Waals surface area contributed by atoms with E-state index in [0.717, 1.165) is 41.6 Å². The van der Waals surface area contributed by atoms with Crippen molar-refractivity contribution in [3.8, 4) is 5.69 Å². The van der Waals surface area contributed by atoms with Gasteiger partial charge in [-0.1, -0.05) is 50.6 Å². The maximum absolute atomic E-state index is 7.05. The fourth-order valence-corrected chi connectivity index (χ4v) is 7.72. The van der Waals surface area contributed by atoms with Crippen LogP contribution in [0.15, 0.2) is 72.9 Å². The first-order chi connectivity index (χ1) is 20.2. The third-order valence-corrected chi connectivity index (χ3v) is 9.53. The molecule has 2 saturated heterocycles. The summed E-state index contributed by atoms with van der Waals surface area (Å²) in [5, 5.41) is 5.06. The molecule has 4 heterocycles. The van der Waals surface area contributed by atoms with Crippen molar-refractivity contribution < 1.29 is 0 Å². The molecule has 7 heteroatoms. The number of benzene rings is 2. The lowest BCUT2D eigenvalue weighted by Gasteiger charge is -2.37. The van der Waals surface area contributed by atoms with Crippen LogP contribution in [-0.4, -0.2) is 27.8 Å². The minimum Gasteiger partial charge on any atom is -0.370 e. The van der Waals surface area contributed by atoms with Gasteiger partial charge < -0.3 is 19.7 Å². The second kappa shape index (κ2) is 11.7. The van der Waals surface area contributed by atoms with E-state index in [2.05, 4.69) is 109 Å². The molecule has 6 rings (SSSR count). The second-order valence-electron chi connectivity index (χ2n) is 12.2.